The number of furan rings is 2. The van der Waals surface area contributed by atoms with Gasteiger partial charge in [0.15, 0.2) is 17.5 Å². The zero-order valence-electron chi connectivity index (χ0n) is 29.1. The quantitative estimate of drug-likeness (QED) is 0.185. The number of hydrogen-bond acceptors (Lipinski definition) is 5. The van der Waals surface area contributed by atoms with Crippen molar-refractivity contribution in [1.29, 1.82) is 0 Å². The highest BCUT2D eigenvalue weighted by atomic mass is 16.3. The molecule has 5 nitrogen and oxygen atoms in total. The molecular weight excluding hydrogens is 651 g/mol. The molecule has 0 amide bonds. The number of benzene rings is 7. The molecule has 11 rings (SSSR count). The molecule has 0 saturated heterocycles. The van der Waals surface area contributed by atoms with Gasteiger partial charge in [-0.2, -0.15) is 0 Å². The molecule has 1 aliphatic rings. The van der Waals surface area contributed by atoms with Crippen molar-refractivity contribution in [3.05, 3.63) is 163 Å². The first-order valence-electron chi connectivity index (χ1n) is 17.9. The molecule has 5 heteroatoms. The average molecular weight is 682 g/mol. The van der Waals surface area contributed by atoms with Gasteiger partial charge in [-0.1, -0.05) is 117 Å². The Morgan fingerprint density at radius 1 is 0.396 bits per heavy atom. The van der Waals surface area contributed by atoms with Crippen LogP contribution in [-0.4, -0.2) is 15.0 Å². The van der Waals surface area contributed by atoms with E-state index in [1.807, 2.05) is 66.7 Å². The molecular formula is C48H31N3O2. The summed E-state index contributed by atoms with van der Waals surface area (Å²) < 4.78 is 12.4. The van der Waals surface area contributed by atoms with E-state index in [0.717, 1.165) is 66.3 Å². The van der Waals surface area contributed by atoms with E-state index in [2.05, 4.69) is 98.8 Å². The Bertz CT molecular complexity index is 3100. The van der Waals surface area contributed by atoms with E-state index in [1.165, 1.54) is 27.6 Å². The molecule has 0 aliphatic heterocycles. The van der Waals surface area contributed by atoms with Gasteiger partial charge in [0, 0.05) is 43.7 Å². The lowest BCUT2D eigenvalue weighted by molar-refractivity contribution is 0.657. The first-order chi connectivity index (χ1) is 26.0. The summed E-state index contributed by atoms with van der Waals surface area (Å²) in [4.78, 5) is 15.1. The minimum Gasteiger partial charge on any atom is -0.456 e. The molecule has 0 atom stereocenters. The highest BCUT2D eigenvalue weighted by Gasteiger charge is 2.37. The lowest BCUT2D eigenvalue weighted by atomic mass is 9.81. The van der Waals surface area contributed by atoms with Crippen molar-refractivity contribution in [2.24, 2.45) is 0 Å². The smallest absolute Gasteiger partial charge is 0.164 e. The van der Waals surface area contributed by atoms with Crippen LogP contribution in [0, 0.1) is 0 Å². The second kappa shape index (κ2) is 11.1. The summed E-state index contributed by atoms with van der Waals surface area (Å²) in [6.45, 7) is 4.65. The highest BCUT2D eigenvalue weighted by Crippen LogP contribution is 2.53. The summed E-state index contributed by atoms with van der Waals surface area (Å²) in [6.07, 6.45) is 0. The van der Waals surface area contributed by atoms with Crippen molar-refractivity contribution in [2.75, 3.05) is 0 Å². The first-order valence-corrected chi connectivity index (χ1v) is 17.9. The fraction of sp³-hybridized carbons (Fsp3) is 0.0625. The second-order valence-corrected chi connectivity index (χ2v) is 14.4. The SMILES string of the molecule is CC1(C)c2cc(-c3cccc(-c4nc(-c5ccccc5)nc(-c5ccc6oc7ccccc7c6c5)n4)c3)ccc2-c2c1ccc1oc3ccccc3c21. The Kier molecular flexibility index (Phi) is 6.23. The van der Waals surface area contributed by atoms with Gasteiger partial charge in [-0.15, -0.1) is 0 Å². The second-order valence-electron chi connectivity index (χ2n) is 14.4. The van der Waals surface area contributed by atoms with Crippen LogP contribution in [0.5, 0.6) is 0 Å². The summed E-state index contributed by atoms with van der Waals surface area (Å²) in [5.74, 6) is 1.86. The van der Waals surface area contributed by atoms with Gasteiger partial charge in [0.05, 0.1) is 0 Å². The van der Waals surface area contributed by atoms with Crippen molar-refractivity contribution in [3.8, 4) is 56.4 Å². The normalized spacial score (nSPS) is 13.2. The molecule has 3 aromatic heterocycles. The Balaban J connectivity index is 1.04. The van der Waals surface area contributed by atoms with Crippen LogP contribution in [-0.2, 0) is 5.41 Å². The molecule has 0 radical (unpaired) electrons. The van der Waals surface area contributed by atoms with Gasteiger partial charge in [0.25, 0.3) is 0 Å². The third-order valence-corrected chi connectivity index (χ3v) is 10.9. The van der Waals surface area contributed by atoms with E-state index in [-0.39, 0.29) is 5.41 Å². The summed E-state index contributed by atoms with van der Waals surface area (Å²) in [7, 11) is 0. The van der Waals surface area contributed by atoms with Gasteiger partial charge in [-0.3, -0.25) is 0 Å². The lowest BCUT2D eigenvalue weighted by Gasteiger charge is -2.22. The topological polar surface area (TPSA) is 65.0 Å². The van der Waals surface area contributed by atoms with Gasteiger partial charge in [0.1, 0.15) is 22.3 Å². The molecule has 7 aromatic carbocycles. The maximum Gasteiger partial charge on any atom is 0.164 e. The molecule has 3 heterocycles. The monoisotopic (exact) mass is 681 g/mol. The maximum absolute atomic E-state index is 6.29. The Hall–Kier alpha value is -6.85. The van der Waals surface area contributed by atoms with Crippen molar-refractivity contribution in [2.45, 2.75) is 19.3 Å². The van der Waals surface area contributed by atoms with Gasteiger partial charge >= 0.3 is 0 Å². The molecule has 10 aromatic rings. The van der Waals surface area contributed by atoms with Crippen molar-refractivity contribution in [1.82, 2.24) is 15.0 Å². The van der Waals surface area contributed by atoms with Crippen LogP contribution in [0.2, 0.25) is 0 Å². The van der Waals surface area contributed by atoms with Crippen LogP contribution < -0.4 is 0 Å². The van der Waals surface area contributed by atoms with E-state index < -0.39 is 0 Å². The molecule has 0 fully saturated rings. The minimum atomic E-state index is -0.181. The fourth-order valence-electron chi connectivity index (χ4n) is 8.27. The molecule has 0 unspecified atom stereocenters. The number of para-hydroxylation sites is 2. The van der Waals surface area contributed by atoms with Crippen molar-refractivity contribution < 1.29 is 8.83 Å². The van der Waals surface area contributed by atoms with E-state index >= 15 is 0 Å². The predicted molar refractivity (Wildman–Crippen MR) is 214 cm³/mol. The Morgan fingerprint density at radius 2 is 0.962 bits per heavy atom. The largest absolute Gasteiger partial charge is 0.456 e. The van der Waals surface area contributed by atoms with Gasteiger partial charge in [0.2, 0.25) is 0 Å². The van der Waals surface area contributed by atoms with Crippen molar-refractivity contribution in [3.63, 3.8) is 0 Å². The van der Waals surface area contributed by atoms with Crippen molar-refractivity contribution >= 4 is 43.9 Å². The van der Waals surface area contributed by atoms with E-state index in [0.29, 0.717) is 17.5 Å². The molecule has 1 aliphatic carbocycles. The van der Waals surface area contributed by atoms with E-state index in [4.69, 9.17) is 23.8 Å². The van der Waals surface area contributed by atoms with Gasteiger partial charge in [-0.25, -0.2) is 15.0 Å². The summed E-state index contributed by atoms with van der Waals surface area (Å²) >= 11 is 0. The standard InChI is InChI=1S/C48H31N3O2/c1-48(2)37-22-24-42-44(35-16-7-9-18-40(35)53-42)43(37)34-21-19-30(27-38(34)48)29-13-10-14-31(25-29)46-49-45(28-11-4-3-5-12-28)50-47(51-46)32-20-23-41-36(26-32)33-15-6-8-17-39(33)52-41/h3-27H,1-2H3. The summed E-state index contributed by atoms with van der Waals surface area (Å²) in [6, 6.07) is 52.5. The first kappa shape index (κ1) is 29.8. The van der Waals surface area contributed by atoms with Crippen LogP contribution in [0.25, 0.3) is 100 Å². The number of fused-ring (bicyclic) bond motifs is 10. The Labute approximate surface area is 305 Å². The van der Waals surface area contributed by atoms with Crippen LogP contribution >= 0.6 is 0 Å². The van der Waals surface area contributed by atoms with Gasteiger partial charge < -0.3 is 8.83 Å². The van der Waals surface area contributed by atoms with Crippen LogP contribution in [0.1, 0.15) is 25.0 Å². The molecule has 0 bridgehead atoms. The number of nitrogens with zero attached hydrogens (tertiary/aromatic N) is 3. The zero-order valence-corrected chi connectivity index (χ0v) is 29.1. The van der Waals surface area contributed by atoms with E-state index in [1.54, 1.807) is 0 Å². The van der Waals surface area contributed by atoms with Crippen LogP contribution in [0.3, 0.4) is 0 Å². The molecule has 0 saturated carbocycles. The fourth-order valence-corrected chi connectivity index (χ4v) is 8.27. The number of hydrogen-bond donors (Lipinski definition) is 0. The zero-order chi connectivity index (χ0) is 35.3. The van der Waals surface area contributed by atoms with E-state index in [9.17, 15) is 0 Å². The molecule has 250 valence electrons. The lowest BCUT2D eigenvalue weighted by Crippen LogP contribution is -2.14. The Morgan fingerprint density at radius 3 is 1.77 bits per heavy atom. The summed E-state index contributed by atoms with van der Waals surface area (Å²) in [5, 5.41) is 4.45. The van der Waals surface area contributed by atoms with Crippen LogP contribution in [0.15, 0.2) is 160 Å². The number of rotatable bonds is 4. The predicted octanol–water partition coefficient (Wildman–Crippen LogP) is 12.6. The molecule has 0 spiro atoms. The average Bonchev–Trinajstić information content (AvgIpc) is 3.85. The number of aromatic nitrogens is 3. The molecule has 0 N–H and O–H groups in total. The third kappa shape index (κ3) is 4.54. The highest BCUT2D eigenvalue weighted by molar-refractivity contribution is 6.15. The maximum atomic E-state index is 6.29. The van der Waals surface area contributed by atoms with Gasteiger partial charge in [-0.05, 0) is 81.9 Å². The van der Waals surface area contributed by atoms with Crippen LogP contribution in [0.4, 0.5) is 0 Å². The minimum absolute atomic E-state index is 0.181. The molecule has 53 heavy (non-hydrogen) atoms. The third-order valence-electron chi connectivity index (χ3n) is 10.9. The summed E-state index contributed by atoms with van der Waals surface area (Å²) in [5.41, 5.74) is 13.5.